The Labute approximate surface area is 159 Å². The first kappa shape index (κ1) is 19.0. The van der Waals surface area contributed by atoms with Crippen LogP contribution in [0.2, 0.25) is 0 Å². The van der Waals surface area contributed by atoms with Crippen LogP contribution in [0, 0.1) is 0 Å². The minimum absolute atomic E-state index is 0.0307. The average Bonchev–Trinajstić information content (AvgIpc) is 2.91. The number of nitrogens with zero attached hydrogens (tertiary/aromatic N) is 2. The molecule has 5 heteroatoms. The van der Waals surface area contributed by atoms with Gasteiger partial charge in [0, 0.05) is 11.6 Å². The fourth-order valence-electron chi connectivity index (χ4n) is 2.87. The topological polar surface area (TPSA) is 64.4 Å². The second-order valence-corrected chi connectivity index (χ2v) is 8.75. The van der Waals surface area contributed by atoms with Crippen LogP contribution in [0.1, 0.15) is 47.1 Å². The average molecular weight is 366 g/mol. The predicted octanol–water partition coefficient (Wildman–Crippen LogP) is 5.49. The Morgan fingerprint density at radius 2 is 1.74 bits per heavy atom. The van der Waals surface area contributed by atoms with E-state index in [1.165, 1.54) is 10.6 Å². The third kappa shape index (κ3) is 3.97. The molecule has 142 valence electrons. The standard InChI is InChI=1S/C22H26N2O3/c1-21(2,3)15-9-7-8-14(12-15)19-23-17-11-10-16(25)13-18(17)24(19)20(26)27-22(4,5)6/h7-13,25H,1-6H3. The van der Waals surface area contributed by atoms with E-state index in [0.29, 0.717) is 16.9 Å². The van der Waals surface area contributed by atoms with Crippen LogP contribution >= 0.6 is 0 Å². The van der Waals surface area contributed by atoms with Crippen molar-refractivity contribution in [1.82, 2.24) is 9.55 Å². The minimum Gasteiger partial charge on any atom is -0.508 e. The van der Waals surface area contributed by atoms with Gasteiger partial charge in [0.25, 0.3) is 0 Å². The summed E-state index contributed by atoms with van der Waals surface area (Å²) < 4.78 is 7.02. The number of fused-ring (bicyclic) bond motifs is 1. The van der Waals surface area contributed by atoms with Crippen molar-refractivity contribution in [2.45, 2.75) is 52.6 Å². The van der Waals surface area contributed by atoms with E-state index in [4.69, 9.17) is 4.74 Å². The van der Waals surface area contributed by atoms with E-state index >= 15 is 0 Å². The maximum Gasteiger partial charge on any atom is 0.420 e. The fraction of sp³-hybridized carbons (Fsp3) is 0.364. The largest absolute Gasteiger partial charge is 0.508 e. The maximum absolute atomic E-state index is 12.9. The van der Waals surface area contributed by atoms with Crippen molar-refractivity contribution in [3.05, 3.63) is 48.0 Å². The molecule has 0 aliphatic rings. The lowest BCUT2D eigenvalue weighted by Gasteiger charge is -2.21. The van der Waals surface area contributed by atoms with Gasteiger partial charge in [-0.15, -0.1) is 0 Å². The molecular weight excluding hydrogens is 340 g/mol. The molecule has 3 aromatic rings. The van der Waals surface area contributed by atoms with Gasteiger partial charge in [-0.3, -0.25) is 0 Å². The molecule has 0 bridgehead atoms. The number of rotatable bonds is 1. The van der Waals surface area contributed by atoms with Gasteiger partial charge in [-0.2, -0.15) is 0 Å². The van der Waals surface area contributed by atoms with Gasteiger partial charge < -0.3 is 9.84 Å². The highest BCUT2D eigenvalue weighted by molar-refractivity contribution is 5.92. The molecule has 0 radical (unpaired) electrons. The molecule has 27 heavy (non-hydrogen) atoms. The summed E-state index contributed by atoms with van der Waals surface area (Å²) in [5.41, 5.74) is 2.43. The third-order valence-corrected chi connectivity index (χ3v) is 4.20. The number of imidazole rings is 1. The molecule has 0 atom stereocenters. The van der Waals surface area contributed by atoms with Crippen molar-refractivity contribution in [3.63, 3.8) is 0 Å². The highest BCUT2D eigenvalue weighted by Gasteiger charge is 2.25. The molecule has 1 heterocycles. The Kier molecular flexibility index (Phi) is 4.50. The third-order valence-electron chi connectivity index (χ3n) is 4.20. The molecule has 3 rings (SSSR count). The van der Waals surface area contributed by atoms with Crippen molar-refractivity contribution in [2.24, 2.45) is 0 Å². The van der Waals surface area contributed by atoms with Gasteiger partial charge in [-0.1, -0.05) is 39.0 Å². The lowest BCUT2D eigenvalue weighted by Crippen LogP contribution is -2.27. The summed E-state index contributed by atoms with van der Waals surface area (Å²) in [6.07, 6.45) is -0.522. The van der Waals surface area contributed by atoms with Crippen molar-refractivity contribution in [2.75, 3.05) is 0 Å². The van der Waals surface area contributed by atoms with Crippen molar-refractivity contribution < 1.29 is 14.6 Å². The highest BCUT2D eigenvalue weighted by atomic mass is 16.6. The second kappa shape index (κ2) is 6.41. The summed E-state index contributed by atoms with van der Waals surface area (Å²) in [6.45, 7) is 11.9. The molecule has 0 aliphatic carbocycles. The number of phenols is 1. The van der Waals surface area contributed by atoms with Gasteiger partial charge in [0.1, 0.15) is 11.4 Å². The Balaban J connectivity index is 2.24. The maximum atomic E-state index is 12.9. The number of aromatic nitrogens is 2. The molecule has 0 amide bonds. The second-order valence-electron chi connectivity index (χ2n) is 8.75. The van der Waals surface area contributed by atoms with E-state index in [1.54, 1.807) is 12.1 Å². The van der Waals surface area contributed by atoms with Gasteiger partial charge in [0.15, 0.2) is 5.82 Å². The summed E-state index contributed by atoms with van der Waals surface area (Å²) in [7, 11) is 0. The van der Waals surface area contributed by atoms with Crippen molar-refractivity contribution in [1.29, 1.82) is 0 Å². The molecule has 0 saturated heterocycles. The summed E-state index contributed by atoms with van der Waals surface area (Å²) in [5.74, 6) is 0.568. The zero-order chi connectivity index (χ0) is 20.0. The lowest BCUT2D eigenvalue weighted by atomic mass is 9.86. The van der Waals surface area contributed by atoms with E-state index in [9.17, 15) is 9.90 Å². The molecule has 2 aromatic carbocycles. The Morgan fingerprint density at radius 3 is 2.37 bits per heavy atom. The van der Waals surface area contributed by atoms with Crippen LogP contribution in [-0.4, -0.2) is 26.4 Å². The van der Waals surface area contributed by atoms with E-state index in [2.05, 4.69) is 31.8 Å². The molecule has 0 saturated carbocycles. The molecule has 1 aromatic heterocycles. The summed E-state index contributed by atoms with van der Waals surface area (Å²) in [5, 5.41) is 9.91. The van der Waals surface area contributed by atoms with Gasteiger partial charge in [-0.05, 0) is 49.9 Å². The summed E-state index contributed by atoms with van der Waals surface area (Å²) in [4.78, 5) is 17.6. The van der Waals surface area contributed by atoms with Crippen molar-refractivity contribution in [3.8, 4) is 17.1 Å². The number of carbonyl (C=O) groups excluding carboxylic acids is 1. The Morgan fingerprint density at radius 1 is 1.04 bits per heavy atom. The number of phenolic OH excluding ortho intramolecular Hbond substituents is 1. The zero-order valence-corrected chi connectivity index (χ0v) is 16.7. The first-order valence-corrected chi connectivity index (χ1v) is 9.01. The minimum atomic E-state index is -0.644. The van der Waals surface area contributed by atoms with E-state index in [0.717, 1.165) is 11.1 Å². The summed E-state index contributed by atoms with van der Waals surface area (Å²) in [6, 6.07) is 12.8. The van der Waals surface area contributed by atoms with Gasteiger partial charge in [0.05, 0.1) is 11.0 Å². The van der Waals surface area contributed by atoms with Crippen LogP contribution in [0.15, 0.2) is 42.5 Å². The first-order chi connectivity index (χ1) is 12.5. The predicted molar refractivity (Wildman–Crippen MR) is 107 cm³/mol. The smallest absolute Gasteiger partial charge is 0.420 e. The molecule has 0 unspecified atom stereocenters. The number of ether oxygens (including phenoxy) is 1. The molecular formula is C22H26N2O3. The number of hydrogen-bond acceptors (Lipinski definition) is 4. The van der Waals surface area contributed by atoms with Crippen LogP contribution in [0.5, 0.6) is 5.75 Å². The normalized spacial score (nSPS) is 12.4. The van der Waals surface area contributed by atoms with Crippen LogP contribution in [0.25, 0.3) is 22.4 Å². The van der Waals surface area contributed by atoms with Crippen LogP contribution < -0.4 is 0 Å². The number of hydrogen-bond donors (Lipinski definition) is 1. The van der Waals surface area contributed by atoms with Crippen LogP contribution in [0.3, 0.4) is 0 Å². The summed E-state index contributed by atoms with van der Waals surface area (Å²) >= 11 is 0. The molecule has 5 nitrogen and oxygen atoms in total. The highest BCUT2D eigenvalue weighted by Crippen LogP contribution is 2.31. The van der Waals surface area contributed by atoms with E-state index in [1.807, 2.05) is 39.0 Å². The molecule has 0 aliphatic heterocycles. The number of carbonyl (C=O) groups is 1. The van der Waals surface area contributed by atoms with Crippen LogP contribution in [0.4, 0.5) is 4.79 Å². The van der Waals surface area contributed by atoms with E-state index in [-0.39, 0.29) is 11.2 Å². The van der Waals surface area contributed by atoms with Crippen LogP contribution in [-0.2, 0) is 10.2 Å². The Hall–Kier alpha value is -2.82. The molecule has 1 N–H and O–H groups in total. The SMILES string of the molecule is CC(C)(C)OC(=O)n1c(-c2cccc(C(C)(C)C)c2)nc2ccc(O)cc21. The number of aromatic hydroxyl groups is 1. The monoisotopic (exact) mass is 366 g/mol. The molecule has 0 fully saturated rings. The Bertz CT molecular complexity index is 1000. The zero-order valence-electron chi connectivity index (χ0n) is 16.7. The van der Waals surface area contributed by atoms with Gasteiger partial charge in [0.2, 0.25) is 0 Å². The van der Waals surface area contributed by atoms with Crippen molar-refractivity contribution >= 4 is 17.1 Å². The lowest BCUT2D eigenvalue weighted by molar-refractivity contribution is 0.0546. The number of benzene rings is 2. The van der Waals surface area contributed by atoms with Gasteiger partial charge >= 0.3 is 6.09 Å². The first-order valence-electron chi connectivity index (χ1n) is 9.01. The fourth-order valence-corrected chi connectivity index (χ4v) is 2.87. The van der Waals surface area contributed by atoms with Gasteiger partial charge in [-0.25, -0.2) is 14.3 Å². The molecule has 0 spiro atoms. The van der Waals surface area contributed by atoms with E-state index < -0.39 is 11.7 Å². The quantitative estimate of drug-likeness (QED) is 0.618.